The van der Waals surface area contributed by atoms with Crippen LogP contribution in [0.5, 0.6) is 0 Å². The number of aliphatic imine (C=N–C) groups is 1. The lowest BCUT2D eigenvalue weighted by atomic mass is 9.98. The number of hydrogen-bond acceptors (Lipinski definition) is 2. The van der Waals surface area contributed by atoms with Crippen LogP contribution < -0.4 is 0 Å². The molecular formula is C11H21NO. The van der Waals surface area contributed by atoms with Crippen LogP contribution in [0.3, 0.4) is 0 Å². The lowest BCUT2D eigenvalue weighted by molar-refractivity contribution is 0.342. The number of rotatable bonds is 7. The molecule has 0 aromatic carbocycles. The van der Waals surface area contributed by atoms with Crippen molar-refractivity contribution in [3.8, 4) is 0 Å². The molecule has 0 fully saturated rings. The Hall–Kier alpha value is -0.790. The molecule has 0 spiro atoms. The van der Waals surface area contributed by atoms with Crippen LogP contribution in [0.4, 0.5) is 0 Å². The Balaban J connectivity index is 3.90. The molecule has 0 aliphatic rings. The summed E-state index contributed by atoms with van der Waals surface area (Å²) in [4.78, 5) is 4.16. The molecular weight excluding hydrogens is 162 g/mol. The van der Waals surface area contributed by atoms with Crippen LogP contribution in [0.1, 0.15) is 40.0 Å². The third-order valence-corrected chi connectivity index (χ3v) is 2.06. The Morgan fingerprint density at radius 1 is 1.46 bits per heavy atom. The molecule has 0 saturated carbocycles. The van der Waals surface area contributed by atoms with Gasteiger partial charge in [0.05, 0.1) is 6.61 Å². The number of hydrogen-bond donors (Lipinski definition) is 0. The highest BCUT2D eigenvalue weighted by atomic mass is 16.5. The highest BCUT2D eigenvalue weighted by Gasteiger charge is 2.07. The maximum absolute atomic E-state index is 5.02. The normalized spacial score (nSPS) is 13.2. The summed E-state index contributed by atoms with van der Waals surface area (Å²) >= 11 is 0. The van der Waals surface area contributed by atoms with Gasteiger partial charge in [0.15, 0.2) is 6.40 Å². The van der Waals surface area contributed by atoms with Crippen LogP contribution in [0.2, 0.25) is 0 Å². The number of allylic oxidation sites excluding steroid dienone is 1. The molecule has 0 aromatic rings. The van der Waals surface area contributed by atoms with E-state index in [0.29, 0.717) is 12.5 Å². The average molecular weight is 183 g/mol. The van der Waals surface area contributed by atoms with Crippen molar-refractivity contribution < 1.29 is 4.74 Å². The summed E-state index contributed by atoms with van der Waals surface area (Å²) in [6, 6.07) is 0. The van der Waals surface area contributed by atoms with Crippen LogP contribution in [0.25, 0.3) is 0 Å². The first kappa shape index (κ1) is 12.2. The summed E-state index contributed by atoms with van der Waals surface area (Å²) in [5, 5.41) is 0. The second-order valence-corrected chi connectivity index (χ2v) is 3.08. The van der Waals surface area contributed by atoms with Crippen molar-refractivity contribution in [3.63, 3.8) is 0 Å². The number of nitrogens with zero attached hydrogens (tertiary/aromatic N) is 1. The fraction of sp³-hybridized carbons (Fsp3) is 0.727. The molecule has 76 valence electrons. The van der Waals surface area contributed by atoms with Gasteiger partial charge in [0, 0.05) is 11.6 Å². The van der Waals surface area contributed by atoms with Crippen LogP contribution >= 0.6 is 0 Å². The number of ether oxygens (including phenoxy) is 1. The first-order chi connectivity index (χ1) is 6.26. The zero-order valence-electron chi connectivity index (χ0n) is 9.05. The molecule has 2 nitrogen and oxygen atoms in total. The van der Waals surface area contributed by atoms with Crippen molar-refractivity contribution >= 4 is 6.40 Å². The minimum Gasteiger partial charge on any atom is -0.483 e. The van der Waals surface area contributed by atoms with Gasteiger partial charge in [0.25, 0.3) is 0 Å². The highest BCUT2D eigenvalue weighted by molar-refractivity contribution is 5.48. The third-order valence-electron chi connectivity index (χ3n) is 2.06. The van der Waals surface area contributed by atoms with E-state index in [0.717, 1.165) is 12.1 Å². The van der Waals surface area contributed by atoms with Gasteiger partial charge < -0.3 is 4.74 Å². The first-order valence-electron chi connectivity index (χ1n) is 5.09. The largest absolute Gasteiger partial charge is 0.483 e. The fourth-order valence-electron chi connectivity index (χ4n) is 1.24. The van der Waals surface area contributed by atoms with Crippen LogP contribution in [-0.4, -0.2) is 13.0 Å². The van der Waals surface area contributed by atoms with Gasteiger partial charge >= 0.3 is 0 Å². The van der Waals surface area contributed by atoms with E-state index in [2.05, 4.69) is 25.4 Å². The van der Waals surface area contributed by atoms with E-state index in [-0.39, 0.29) is 0 Å². The highest BCUT2D eigenvalue weighted by Crippen LogP contribution is 2.19. The summed E-state index contributed by atoms with van der Waals surface area (Å²) in [5.74, 6) is 0.515. The van der Waals surface area contributed by atoms with Gasteiger partial charge in [-0.25, -0.2) is 4.99 Å². The van der Waals surface area contributed by atoms with E-state index in [1.165, 1.54) is 19.2 Å². The average Bonchev–Trinajstić information content (AvgIpc) is 2.14. The monoisotopic (exact) mass is 183 g/mol. The predicted octanol–water partition coefficient (Wildman–Crippen LogP) is 3.39. The molecule has 0 N–H and O–H groups in total. The Morgan fingerprint density at radius 3 is 2.62 bits per heavy atom. The molecule has 2 heteroatoms. The van der Waals surface area contributed by atoms with Gasteiger partial charge in [-0.1, -0.05) is 26.8 Å². The summed E-state index contributed by atoms with van der Waals surface area (Å²) < 4.78 is 5.02. The van der Waals surface area contributed by atoms with Crippen LogP contribution in [0.15, 0.2) is 17.3 Å². The van der Waals surface area contributed by atoms with Crippen molar-refractivity contribution in [2.75, 3.05) is 6.61 Å². The lowest BCUT2D eigenvalue weighted by Gasteiger charge is -2.12. The van der Waals surface area contributed by atoms with Crippen LogP contribution in [0, 0.1) is 5.92 Å². The predicted molar refractivity (Wildman–Crippen MR) is 57.9 cm³/mol. The zero-order valence-corrected chi connectivity index (χ0v) is 9.05. The van der Waals surface area contributed by atoms with Crippen molar-refractivity contribution in [2.45, 2.75) is 40.0 Å². The Morgan fingerprint density at radius 2 is 2.15 bits per heavy atom. The van der Waals surface area contributed by atoms with Gasteiger partial charge in [-0.3, -0.25) is 0 Å². The summed E-state index contributed by atoms with van der Waals surface area (Å²) in [5.41, 5.74) is 0.942. The van der Waals surface area contributed by atoms with E-state index >= 15 is 0 Å². The summed E-state index contributed by atoms with van der Waals surface area (Å²) in [6.45, 7) is 10.9. The van der Waals surface area contributed by atoms with Gasteiger partial charge in [-0.05, 0) is 19.8 Å². The Kier molecular flexibility index (Phi) is 7.36. The molecule has 0 radical (unpaired) electrons. The molecule has 0 aliphatic carbocycles. The molecule has 0 bridgehead atoms. The molecule has 13 heavy (non-hydrogen) atoms. The molecule has 1 unspecified atom stereocenters. The quantitative estimate of drug-likeness (QED) is 0.438. The molecule has 0 heterocycles. The maximum Gasteiger partial charge on any atom is 0.174 e. The van der Waals surface area contributed by atoms with Crippen molar-refractivity contribution in [1.29, 1.82) is 0 Å². The fourth-order valence-corrected chi connectivity index (χ4v) is 1.24. The zero-order chi connectivity index (χ0) is 10.1. The summed E-state index contributed by atoms with van der Waals surface area (Å²) in [7, 11) is 0. The molecule has 0 aliphatic heterocycles. The smallest absolute Gasteiger partial charge is 0.174 e. The SMILES string of the molecule is C=C(/N=C\OCC)C(CC)CCC. The van der Waals surface area contributed by atoms with Crippen molar-refractivity contribution in [1.82, 2.24) is 0 Å². The van der Waals surface area contributed by atoms with Gasteiger partial charge in [-0.15, -0.1) is 0 Å². The van der Waals surface area contributed by atoms with Crippen LogP contribution in [-0.2, 0) is 4.74 Å². The van der Waals surface area contributed by atoms with Crippen molar-refractivity contribution in [3.05, 3.63) is 12.3 Å². The van der Waals surface area contributed by atoms with E-state index < -0.39 is 0 Å². The second kappa shape index (κ2) is 7.84. The minimum atomic E-state index is 0.515. The Bertz CT molecular complexity index is 163. The van der Waals surface area contributed by atoms with Gasteiger partial charge in [0.2, 0.25) is 0 Å². The Labute approximate surface area is 81.7 Å². The topological polar surface area (TPSA) is 21.6 Å². The van der Waals surface area contributed by atoms with Gasteiger partial charge in [0.1, 0.15) is 0 Å². The maximum atomic E-state index is 5.02. The second-order valence-electron chi connectivity index (χ2n) is 3.08. The van der Waals surface area contributed by atoms with E-state index in [1.807, 2.05) is 6.92 Å². The van der Waals surface area contributed by atoms with E-state index in [1.54, 1.807) is 0 Å². The molecule has 0 aromatic heterocycles. The molecule has 1 atom stereocenters. The van der Waals surface area contributed by atoms with E-state index in [4.69, 9.17) is 4.74 Å². The van der Waals surface area contributed by atoms with E-state index in [9.17, 15) is 0 Å². The van der Waals surface area contributed by atoms with Gasteiger partial charge in [-0.2, -0.15) is 0 Å². The third kappa shape index (κ3) is 5.45. The minimum absolute atomic E-state index is 0.515. The molecule has 0 amide bonds. The molecule has 0 saturated heterocycles. The first-order valence-corrected chi connectivity index (χ1v) is 5.09. The molecule has 0 rings (SSSR count). The standard InChI is InChI=1S/C11H21NO/c1-5-8-11(6-2)10(4)12-9-13-7-3/h9,11H,4-8H2,1-3H3/b12-9-. The van der Waals surface area contributed by atoms with Crippen molar-refractivity contribution in [2.24, 2.45) is 10.9 Å². The lowest BCUT2D eigenvalue weighted by Crippen LogP contribution is -2.00. The summed E-state index contributed by atoms with van der Waals surface area (Å²) in [6.07, 6.45) is 4.96.